The number of hydrogen-bond acceptors (Lipinski definition) is 4. The molecule has 2 heterocycles. The number of anilines is 2. The molecule has 88 valence electrons. The predicted molar refractivity (Wildman–Crippen MR) is 68.9 cm³/mol. The summed E-state index contributed by atoms with van der Waals surface area (Å²) in [5.74, 6) is 0.754. The van der Waals surface area contributed by atoms with Crippen molar-refractivity contribution in [2.75, 3.05) is 5.32 Å². The molecule has 3 aromatic rings. The molecule has 0 amide bonds. The molecule has 0 aliphatic carbocycles. The van der Waals surface area contributed by atoms with Gasteiger partial charge in [-0.2, -0.15) is 5.10 Å². The molecule has 0 fully saturated rings. The van der Waals surface area contributed by atoms with Crippen LogP contribution in [-0.4, -0.2) is 19.7 Å². The van der Waals surface area contributed by atoms with E-state index >= 15 is 0 Å². The number of aromatic nitrogens is 4. The molecule has 18 heavy (non-hydrogen) atoms. The lowest BCUT2D eigenvalue weighted by atomic mass is 10.2. The van der Waals surface area contributed by atoms with Crippen LogP contribution in [0.15, 0.2) is 61.3 Å². The van der Waals surface area contributed by atoms with Crippen molar-refractivity contribution in [3.8, 4) is 5.69 Å². The summed E-state index contributed by atoms with van der Waals surface area (Å²) in [5, 5.41) is 7.48. The maximum atomic E-state index is 4.23. The Morgan fingerprint density at radius 1 is 1.00 bits per heavy atom. The van der Waals surface area contributed by atoms with Gasteiger partial charge in [0.25, 0.3) is 0 Å². The van der Waals surface area contributed by atoms with Crippen molar-refractivity contribution in [2.45, 2.75) is 0 Å². The number of hydrogen-bond donors (Lipinski definition) is 1. The lowest BCUT2D eigenvalue weighted by molar-refractivity contribution is 0.882. The van der Waals surface area contributed by atoms with Crippen LogP contribution in [-0.2, 0) is 0 Å². The normalized spacial score (nSPS) is 10.2. The second kappa shape index (κ2) is 4.67. The highest BCUT2D eigenvalue weighted by molar-refractivity contribution is 5.66. The fourth-order valence-corrected chi connectivity index (χ4v) is 1.69. The van der Waals surface area contributed by atoms with Crippen LogP contribution in [0.4, 0.5) is 11.5 Å². The van der Waals surface area contributed by atoms with Crippen LogP contribution in [0.2, 0.25) is 0 Å². The maximum Gasteiger partial charge on any atom is 0.133 e. The van der Waals surface area contributed by atoms with Gasteiger partial charge in [0, 0.05) is 18.6 Å². The first-order valence-electron chi connectivity index (χ1n) is 5.55. The second-order valence-electron chi connectivity index (χ2n) is 3.69. The van der Waals surface area contributed by atoms with Crippen LogP contribution in [0.1, 0.15) is 0 Å². The molecular formula is C13H11N5. The van der Waals surface area contributed by atoms with Crippen molar-refractivity contribution >= 4 is 11.5 Å². The highest BCUT2D eigenvalue weighted by Crippen LogP contribution is 2.21. The van der Waals surface area contributed by atoms with Crippen LogP contribution >= 0.6 is 0 Å². The first kappa shape index (κ1) is 10.5. The van der Waals surface area contributed by atoms with E-state index in [4.69, 9.17) is 0 Å². The zero-order chi connectivity index (χ0) is 12.2. The molecule has 2 aromatic heterocycles. The number of rotatable bonds is 3. The minimum atomic E-state index is 0.754. The van der Waals surface area contributed by atoms with Gasteiger partial charge < -0.3 is 5.32 Å². The standard InChI is InChI=1S/C13H11N5/c1-2-5-12(18-9-3-7-16-18)11(4-1)17-13-6-8-14-10-15-13/h1-10H,(H,14,15,17). The van der Waals surface area contributed by atoms with Gasteiger partial charge in [-0.25, -0.2) is 14.6 Å². The molecule has 1 N–H and O–H groups in total. The molecule has 5 heteroatoms. The number of nitrogens with one attached hydrogen (secondary N) is 1. The van der Waals surface area contributed by atoms with E-state index in [1.54, 1.807) is 12.4 Å². The van der Waals surface area contributed by atoms with Crippen molar-refractivity contribution in [1.29, 1.82) is 0 Å². The summed E-state index contributed by atoms with van der Waals surface area (Å²) < 4.78 is 1.81. The van der Waals surface area contributed by atoms with E-state index in [0.29, 0.717) is 0 Å². The van der Waals surface area contributed by atoms with E-state index in [2.05, 4.69) is 20.4 Å². The Hall–Kier alpha value is -2.69. The van der Waals surface area contributed by atoms with Crippen molar-refractivity contribution < 1.29 is 0 Å². The summed E-state index contributed by atoms with van der Waals surface area (Å²) in [7, 11) is 0. The van der Waals surface area contributed by atoms with Crippen LogP contribution in [0.25, 0.3) is 5.69 Å². The summed E-state index contributed by atoms with van der Waals surface area (Å²) in [4.78, 5) is 8.04. The summed E-state index contributed by atoms with van der Waals surface area (Å²) >= 11 is 0. The molecule has 0 saturated heterocycles. The zero-order valence-corrected chi connectivity index (χ0v) is 9.56. The van der Waals surface area contributed by atoms with E-state index in [1.165, 1.54) is 6.33 Å². The summed E-state index contributed by atoms with van der Waals surface area (Å²) in [6, 6.07) is 11.6. The molecule has 3 rings (SSSR count). The van der Waals surface area contributed by atoms with Crippen molar-refractivity contribution in [1.82, 2.24) is 19.7 Å². The highest BCUT2D eigenvalue weighted by Gasteiger charge is 2.04. The molecule has 0 aliphatic rings. The molecule has 0 spiro atoms. The molecule has 0 radical (unpaired) electrons. The van der Waals surface area contributed by atoms with Gasteiger partial charge in [0.05, 0.1) is 11.4 Å². The highest BCUT2D eigenvalue weighted by atomic mass is 15.3. The Kier molecular flexibility index (Phi) is 2.71. The van der Waals surface area contributed by atoms with Crippen molar-refractivity contribution in [2.24, 2.45) is 0 Å². The summed E-state index contributed by atoms with van der Waals surface area (Å²) in [6.07, 6.45) is 6.87. The van der Waals surface area contributed by atoms with E-state index < -0.39 is 0 Å². The summed E-state index contributed by atoms with van der Waals surface area (Å²) in [6.45, 7) is 0. The Morgan fingerprint density at radius 2 is 1.94 bits per heavy atom. The topological polar surface area (TPSA) is 55.6 Å². The van der Waals surface area contributed by atoms with Crippen molar-refractivity contribution in [3.63, 3.8) is 0 Å². The van der Waals surface area contributed by atoms with Gasteiger partial charge in [-0.1, -0.05) is 12.1 Å². The van der Waals surface area contributed by atoms with Gasteiger partial charge in [0.15, 0.2) is 0 Å². The first-order chi connectivity index (χ1) is 8.93. The van der Waals surface area contributed by atoms with Gasteiger partial charge in [0.2, 0.25) is 0 Å². The lowest BCUT2D eigenvalue weighted by Gasteiger charge is -2.10. The number of benzene rings is 1. The zero-order valence-electron chi connectivity index (χ0n) is 9.56. The quantitative estimate of drug-likeness (QED) is 0.760. The molecular weight excluding hydrogens is 226 g/mol. The summed E-state index contributed by atoms with van der Waals surface area (Å²) in [5.41, 5.74) is 1.92. The Bertz CT molecular complexity index is 619. The van der Waals surface area contributed by atoms with Gasteiger partial charge >= 0.3 is 0 Å². The van der Waals surface area contributed by atoms with Gasteiger partial charge in [-0.3, -0.25) is 0 Å². The molecule has 5 nitrogen and oxygen atoms in total. The number of nitrogens with zero attached hydrogens (tertiary/aromatic N) is 4. The average Bonchev–Trinajstić information content (AvgIpc) is 2.94. The van der Waals surface area contributed by atoms with E-state index in [-0.39, 0.29) is 0 Å². The average molecular weight is 237 g/mol. The number of para-hydroxylation sites is 2. The van der Waals surface area contributed by atoms with Crippen molar-refractivity contribution in [3.05, 3.63) is 61.3 Å². The van der Waals surface area contributed by atoms with Gasteiger partial charge in [-0.05, 0) is 24.3 Å². The van der Waals surface area contributed by atoms with Gasteiger partial charge in [0.1, 0.15) is 12.1 Å². The third-order valence-electron chi connectivity index (χ3n) is 2.50. The Labute approximate surface area is 104 Å². The Morgan fingerprint density at radius 3 is 2.72 bits per heavy atom. The minimum absolute atomic E-state index is 0.754. The minimum Gasteiger partial charge on any atom is -0.338 e. The fraction of sp³-hybridized carbons (Fsp3) is 0. The smallest absolute Gasteiger partial charge is 0.133 e. The molecule has 0 saturated carbocycles. The van der Waals surface area contributed by atoms with Crippen LogP contribution in [0.5, 0.6) is 0 Å². The third kappa shape index (κ3) is 2.06. The predicted octanol–water partition coefficient (Wildman–Crippen LogP) is 2.41. The lowest BCUT2D eigenvalue weighted by Crippen LogP contribution is -2.01. The van der Waals surface area contributed by atoms with Crippen LogP contribution in [0, 0.1) is 0 Å². The molecule has 0 unspecified atom stereocenters. The fourth-order valence-electron chi connectivity index (χ4n) is 1.69. The Balaban J connectivity index is 1.98. The molecule has 0 bridgehead atoms. The maximum absolute atomic E-state index is 4.23. The van der Waals surface area contributed by atoms with Crippen LogP contribution in [0.3, 0.4) is 0 Å². The van der Waals surface area contributed by atoms with Gasteiger partial charge in [-0.15, -0.1) is 0 Å². The monoisotopic (exact) mass is 237 g/mol. The SMILES string of the molecule is c1ccc(-n2cccn2)c(Nc2ccncn2)c1. The molecule has 0 atom stereocenters. The second-order valence-corrected chi connectivity index (χ2v) is 3.69. The van der Waals surface area contributed by atoms with E-state index in [1.807, 2.05) is 47.3 Å². The first-order valence-corrected chi connectivity index (χ1v) is 5.55. The van der Waals surface area contributed by atoms with Crippen LogP contribution < -0.4 is 5.32 Å². The largest absolute Gasteiger partial charge is 0.338 e. The van der Waals surface area contributed by atoms with E-state index in [0.717, 1.165) is 17.2 Å². The third-order valence-corrected chi connectivity index (χ3v) is 2.50. The molecule has 1 aromatic carbocycles. The van der Waals surface area contributed by atoms with E-state index in [9.17, 15) is 0 Å². The molecule has 0 aliphatic heterocycles.